The maximum atomic E-state index is 13.6. The van der Waals surface area contributed by atoms with Crippen LogP contribution in [0.5, 0.6) is 0 Å². The van der Waals surface area contributed by atoms with Gasteiger partial charge in [-0.3, -0.25) is 0 Å². The Morgan fingerprint density at radius 2 is 2.11 bits per heavy atom. The van der Waals surface area contributed by atoms with E-state index in [0.29, 0.717) is 5.56 Å². The Hall–Kier alpha value is -1.39. The molecule has 2 nitrogen and oxygen atoms in total. The second-order valence-electron chi connectivity index (χ2n) is 4.20. The fourth-order valence-corrected chi connectivity index (χ4v) is 2.72. The summed E-state index contributed by atoms with van der Waals surface area (Å²) in [6, 6.07) is 8.86. The summed E-state index contributed by atoms with van der Waals surface area (Å²) in [6.07, 6.45) is 1.74. The first-order chi connectivity index (χ1) is 8.58. The Morgan fingerprint density at radius 1 is 1.33 bits per heavy atom. The minimum Gasteiger partial charge on any atom is -0.324 e. The van der Waals surface area contributed by atoms with E-state index in [1.165, 1.54) is 17.8 Å². The molecule has 0 aliphatic rings. The molecule has 2 N–H and O–H groups in total. The Labute approximate surface area is 110 Å². The van der Waals surface area contributed by atoms with E-state index in [1.54, 1.807) is 13.1 Å². The topological polar surface area (TPSA) is 38.9 Å². The highest BCUT2D eigenvalue weighted by molar-refractivity contribution is 7.99. The lowest BCUT2D eigenvalue weighted by Crippen LogP contribution is -2.07. The molecule has 0 saturated heterocycles. The molecule has 0 aliphatic heterocycles. The SMILES string of the molecule is Cc1cc(Sc2ccccn2)c(C(C)N)cc1F. The van der Waals surface area contributed by atoms with E-state index >= 15 is 0 Å². The van der Waals surface area contributed by atoms with Crippen LogP contribution in [0.1, 0.15) is 24.1 Å². The van der Waals surface area contributed by atoms with Crippen LogP contribution in [0.15, 0.2) is 46.5 Å². The first-order valence-electron chi connectivity index (χ1n) is 5.72. The van der Waals surface area contributed by atoms with Crippen LogP contribution in [-0.4, -0.2) is 4.98 Å². The summed E-state index contributed by atoms with van der Waals surface area (Å²) < 4.78 is 13.6. The molecule has 0 amide bonds. The molecular formula is C14H15FN2S. The van der Waals surface area contributed by atoms with Crippen LogP contribution in [0.2, 0.25) is 0 Å². The van der Waals surface area contributed by atoms with Gasteiger partial charge in [0.25, 0.3) is 0 Å². The van der Waals surface area contributed by atoms with Crippen molar-refractivity contribution in [1.29, 1.82) is 0 Å². The Kier molecular flexibility index (Phi) is 3.99. The van der Waals surface area contributed by atoms with Crippen molar-refractivity contribution in [3.8, 4) is 0 Å². The zero-order chi connectivity index (χ0) is 13.1. The van der Waals surface area contributed by atoms with Gasteiger partial charge in [-0.1, -0.05) is 17.8 Å². The lowest BCUT2D eigenvalue weighted by molar-refractivity contribution is 0.610. The largest absolute Gasteiger partial charge is 0.324 e. The van der Waals surface area contributed by atoms with Crippen molar-refractivity contribution in [2.24, 2.45) is 5.73 Å². The van der Waals surface area contributed by atoms with Crippen molar-refractivity contribution in [3.63, 3.8) is 0 Å². The minimum absolute atomic E-state index is 0.202. The van der Waals surface area contributed by atoms with E-state index in [2.05, 4.69) is 4.98 Å². The van der Waals surface area contributed by atoms with Crippen molar-refractivity contribution in [2.45, 2.75) is 29.8 Å². The van der Waals surface area contributed by atoms with Gasteiger partial charge in [0.15, 0.2) is 0 Å². The van der Waals surface area contributed by atoms with E-state index in [-0.39, 0.29) is 11.9 Å². The standard InChI is InChI=1S/C14H15FN2S/c1-9-7-13(11(10(2)16)8-12(9)15)18-14-5-3-4-6-17-14/h3-8,10H,16H2,1-2H3. The summed E-state index contributed by atoms with van der Waals surface area (Å²) in [7, 11) is 0. The molecule has 0 bridgehead atoms. The Bertz CT molecular complexity index is 541. The predicted molar refractivity (Wildman–Crippen MR) is 72.1 cm³/mol. The summed E-state index contributed by atoms with van der Waals surface area (Å²) in [4.78, 5) is 5.22. The normalized spacial score (nSPS) is 12.4. The molecule has 1 unspecified atom stereocenters. The van der Waals surface area contributed by atoms with Crippen LogP contribution >= 0.6 is 11.8 Å². The molecule has 2 rings (SSSR count). The molecule has 94 valence electrons. The first kappa shape index (κ1) is 13.1. The summed E-state index contributed by atoms with van der Waals surface area (Å²) in [6.45, 7) is 3.61. The monoisotopic (exact) mass is 262 g/mol. The number of nitrogens with two attached hydrogens (primary N) is 1. The molecule has 0 radical (unpaired) electrons. The molecule has 0 saturated carbocycles. The number of benzene rings is 1. The van der Waals surface area contributed by atoms with E-state index in [0.717, 1.165) is 15.5 Å². The number of hydrogen-bond acceptors (Lipinski definition) is 3. The van der Waals surface area contributed by atoms with Gasteiger partial charge >= 0.3 is 0 Å². The van der Waals surface area contributed by atoms with Crippen LogP contribution < -0.4 is 5.73 Å². The van der Waals surface area contributed by atoms with Crippen molar-refractivity contribution < 1.29 is 4.39 Å². The quantitative estimate of drug-likeness (QED) is 0.916. The third-order valence-electron chi connectivity index (χ3n) is 2.63. The van der Waals surface area contributed by atoms with Crippen LogP contribution in [0.4, 0.5) is 4.39 Å². The average Bonchev–Trinajstić information content (AvgIpc) is 2.34. The fourth-order valence-electron chi connectivity index (χ4n) is 1.63. The molecule has 1 heterocycles. The molecule has 1 aromatic carbocycles. The van der Waals surface area contributed by atoms with Crippen LogP contribution in [0.25, 0.3) is 0 Å². The third-order valence-corrected chi connectivity index (χ3v) is 3.66. The second-order valence-corrected chi connectivity index (χ2v) is 5.26. The van der Waals surface area contributed by atoms with Gasteiger partial charge in [0.05, 0.1) is 0 Å². The van der Waals surface area contributed by atoms with Crippen molar-refractivity contribution in [3.05, 3.63) is 53.5 Å². The van der Waals surface area contributed by atoms with Gasteiger partial charge in [0.1, 0.15) is 10.8 Å². The summed E-state index contributed by atoms with van der Waals surface area (Å²) in [5.74, 6) is -0.215. The summed E-state index contributed by atoms with van der Waals surface area (Å²) in [5, 5.41) is 0.880. The maximum absolute atomic E-state index is 13.6. The molecular weight excluding hydrogens is 247 g/mol. The second kappa shape index (κ2) is 5.50. The van der Waals surface area contributed by atoms with E-state index in [9.17, 15) is 4.39 Å². The Morgan fingerprint density at radius 3 is 2.72 bits per heavy atom. The van der Waals surface area contributed by atoms with Gasteiger partial charge in [0.2, 0.25) is 0 Å². The van der Waals surface area contributed by atoms with Gasteiger partial charge in [-0.15, -0.1) is 0 Å². The molecule has 0 fully saturated rings. The number of pyridine rings is 1. The molecule has 1 atom stereocenters. The Balaban J connectivity index is 2.40. The smallest absolute Gasteiger partial charge is 0.126 e. The molecule has 2 aromatic rings. The van der Waals surface area contributed by atoms with Crippen LogP contribution in [0, 0.1) is 12.7 Å². The van der Waals surface area contributed by atoms with E-state index < -0.39 is 0 Å². The lowest BCUT2D eigenvalue weighted by atomic mass is 10.1. The molecule has 4 heteroatoms. The van der Waals surface area contributed by atoms with Crippen LogP contribution in [0.3, 0.4) is 0 Å². The fraction of sp³-hybridized carbons (Fsp3) is 0.214. The molecule has 0 spiro atoms. The molecule has 18 heavy (non-hydrogen) atoms. The van der Waals surface area contributed by atoms with Gasteiger partial charge in [-0.25, -0.2) is 9.37 Å². The van der Waals surface area contributed by atoms with Crippen LogP contribution in [-0.2, 0) is 0 Å². The summed E-state index contributed by atoms with van der Waals surface area (Å²) >= 11 is 1.51. The highest BCUT2D eigenvalue weighted by Gasteiger charge is 2.12. The highest BCUT2D eigenvalue weighted by atomic mass is 32.2. The van der Waals surface area contributed by atoms with Gasteiger partial charge in [-0.05, 0) is 49.2 Å². The number of nitrogens with zero attached hydrogens (tertiary/aromatic N) is 1. The van der Waals surface area contributed by atoms with E-state index in [4.69, 9.17) is 5.73 Å². The zero-order valence-corrected chi connectivity index (χ0v) is 11.2. The van der Waals surface area contributed by atoms with E-state index in [1.807, 2.05) is 31.2 Å². The molecule has 1 aromatic heterocycles. The predicted octanol–water partition coefficient (Wildman–Crippen LogP) is 3.70. The third kappa shape index (κ3) is 2.89. The average molecular weight is 262 g/mol. The van der Waals surface area contributed by atoms with Crippen molar-refractivity contribution in [2.75, 3.05) is 0 Å². The van der Waals surface area contributed by atoms with Gasteiger partial charge in [0, 0.05) is 17.1 Å². The number of aryl methyl sites for hydroxylation is 1. The highest BCUT2D eigenvalue weighted by Crippen LogP contribution is 2.33. The maximum Gasteiger partial charge on any atom is 0.126 e. The zero-order valence-electron chi connectivity index (χ0n) is 10.4. The number of halogens is 1. The molecule has 0 aliphatic carbocycles. The van der Waals surface area contributed by atoms with Gasteiger partial charge < -0.3 is 5.73 Å². The van der Waals surface area contributed by atoms with Gasteiger partial charge in [-0.2, -0.15) is 0 Å². The lowest BCUT2D eigenvalue weighted by Gasteiger charge is -2.13. The number of aromatic nitrogens is 1. The minimum atomic E-state index is -0.215. The van der Waals surface area contributed by atoms with Crippen molar-refractivity contribution in [1.82, 2.24) is 4.98 Å². The first-order valence-corrected chi connectivity index (χ1v) is 6.54. The van der Waals surface area contributed by atoms with Crippen molar-refractivity contribution >= 4 is 11.8 Å². The number of rotatable bonds is 3. The number of hydrogen-bond donors (Lipinski definition) is 1. The summed E-state index contributed by atoms with van der Waals surface area (Å²) in [5.41, 5.74) is 7.32.